The average molecular weight is 301 g/mol. The van der Waals surface area contributed by atoms with Gasteiger partial charge in [0.1, 0.15) is 0 Å². The molecule has 3 heteroatoms. The molecule has 0 spiro atoms. The Balaban J connectivity index is 1.62. The Kier molecular flexibility index (Phi) is 5.07. The summed E-state index contributed by atoms with van der Waals surface area (Å²) < 4.78 is 0. The molecule has 2 N–H and O–H groups in total. The van der Waals surface area contributed by atoms with Crippen LogP contribution in [0, 0.1) is 0 Å². The molecule has 0 bridgehead atoms. The first-order valence-corrected chi connectivity index (χ1v) is 8.77. The SMILES string of the molecule is OC(CNC1CCCCC1c1ccccc1)c1ccsc1. The standard InChI is InChI=1S/C18H23NOS/c20-18(15-10-11-21-13-15)12-19-17-9-5-4-8-16(17)14-6-2-1-3-7-14/h1-3,6-7,10-11,13,16-20H,4-5,8-9,12H2. The second kappa shape index (κ2) is 7.21. The van der Waals surface area contributed by atoms with Gasteiger partial charge in [-0.25, -0.2) is 0 Å². The first kappa shape index (κ1) is 14.8. The number of hydrogen-bond donors (Lipinski definition) is 2. The van der Waals surface area contributed by atoms with Crippen LogP contribution in [0.1, 0.15) is 48.8 Å². The Morgan fingerprint density at radius 3 is 2.71 bits per heavy atom. The zero-order valence-corrected chi connectivity index (χ0v) is 13.1. The van der Waals surface area contributed by atoms with E-state index in [0.717, 1.165) is 5.56 Å². The van der Waals surface area contributed by atoms with Crippen LogP contribution >= 0.6 is 11.3 Å². The van der Waals surface area contributed by atoms with Gasteiger partial charge in [0.2, 0.25) is 0 Å². The van der Waals surface area contributed by atoms with Gasteiger partial charge < -0.3 is 10.4 Å². The Labute approximate surface area is 130 Å². The summed E-state index contributed by atoms with van der Waals surface area (Å²) >= 11 is 1.64. The summed E-state index contributed by atoms with van der Waals surface area (Å²) in [6.45, 7) is 0.644. The predicted octanol–water partition coefficient (Wildman–Crippen LogP) is 4.10. The van der Waals surface area contributed by atoms with Gasteiger partial charge in [0, 0.05) is 12.6 Å². The zero-order chi connectivity index (χ0) is 14.5. The molecule has 1 aliphatic rings. The van der Waals surface area contributed by atoms with Crippen LogP contribution in [-0.2, 0) is 0 Å². The summed E-state index contributed by atoms with van der Waals surface area (Å²) in [5, 5.41) is 17.9. The van der Waals surface area contributed by atoms with E-state index in [1.54, 1.807) is 11.3 Å². The Morgan fingerprint density at radius 2 is 1.95 bits per heavy atom. The highest BCUT2D eigenvalue weighted by atomic mass is 32.1. The third-order valence-corrected chi connectivity index (χ3v) is 5.20. The van der Waals surface area contributed by atoms with Crippen molar-refractivity contribution in [1.29, 1.82) is 0 Å². The summed E-state index contributed by atoms with van der Waals surface area (Å²) in [5.74, 6) is 0.578. The van der Waals surface area contributed by atoms with Gasteiger partial charge in [-0.05, 0) is 46.7 Å². The second-order valence-electron chi connectivity index (χ2n) is 5.89. The monoisotopic (exact) mass is 301 g/mol. The largest absolute Gasteiger partial charge is 0.387 e. The smallest absolute Gasteiger partial charge is 0.0922 e. The molecule has 0 radical (unpaired) electrons. The average Bonchev–Trinajstić information content (AvgIpc) is 3.08. The fourth-order valence-corrected chi connectivity index (χ4v) is 4.03. The van der Waals surface area contributed by atoms with Crippen LogP contribution in [0.4, 0.5) is 0 Å². The molecule has 3 atom stereocenters. The number of hydrogen-bond acceptors (Lipinski definition) is 3. The van der Waals surface area contributed by atoms with Crippen LogP contribution < -0.4 is 5.32 Å². The minimum Gasteiger partial charge on any atom is -0.387 e. The van der Waals surface area contributed by atoms with E-state index in [-0.39, 0.29) is 0 Å². The van der Waals surface area contributed by atoms with E-state index >= 15 is 0 Å². The molecule has 112 valence electrons. The molecule has 1 aromatic carbocycles. The predicted molar refractivity (Wildman–Crippen MR) is 88.7 cm³/mol. The number of rotatable bonds is 5. The van der Waals surface area contributed by atoms with Crippen molar-refractivity contribution in [2.45, 2.75) is 43.7 Å². The number of aliphatic hydroxyl groups excluding tert-OH is 1. The lowest BCUT2D eigenvalue weighted by Crippen LogP contribution is -2.39. The number of thiophene rings is 1. The van der Waals surface area contributed by atoms with Crippen LogP contribution in [0.5, 0.6) is 0 Å². The molecular formula is C18H23NOS. The summed E-state index contributed by atoms with van der Waals surface area (Å²) in [6, 6.07) is 13.3. The third kappa shape index (κ3) is 3.73. The maximum absolute atomic E-state index is 10.2. The lowest BCUT2D eigenvalue weighted by Gasteiger charge is -2.33. The minimum absolute atomic E-state index is 0.394. The van der Waals surface area contributed by atoms with Crippen molar-refractivity contribution in [1.82, 2.24) is 5.32 Å². The van der Waals surface area contributed by atoms with Crippen molar-refractivity contribution in [3.63, 3.8) is 0 Å². The van der Waals surface area contributed by atoms with E-state index in [2.05, 4.69) is 35.6 Å². The first-order valence-electron chi connectivity index (χ1n) is 7.83. The number of aliphatic hydroxyl groups is 1. The highest BCUT2D eigenvalue weighted by Crippen LogP contribution is 2.33. The first-order chi connectivity index (χ1) is 10.3. The number of nitrogens with one attached hydrogen (secondary N) is 1. The number of benzene rings is 1. The Bertz CT molecular complexity index is 525. The third-order valence-electron chi connectivity index (χ3n) is 4.50. The van der Waals surface area contributed by atoms with Gasteiger partial charge in [-0.2, -0.15) is 11.3 Å². The van der Waals surface area contributed by atoms with Gasteiger partial charge >= 0.3 is 0 Å². The lowest BCUT2D eigenvalue weighted by molar-refractivity contribution is 0.163. The maximum Gasteiger partial charge on any atom is 0.0922 e. The molecule has 1 saturated carbocycles. The van der Waals surface area contributed by atoms with Crippen LogP contribution in [0.2, 0.25) is 0 Å². The van der Waals surface area contributed by atoms with E-state index in [4.69, 9.17) is 0 Å². The van der Waals surface area contributed by atoms with Crippen molar-refractivity contribution in [2.75, 3.05) is 6.54 Å². The summed E-state index contributed by atoms with van der Waals surface area (Å²) in [4.78, 5) is 0. The van der Waals surface area contributed by atoms with Crippen LogP contribution in [0.15, 0.2) is 47.2 Å². The molecule has 1 aliphatic carbocycles. The van der Waals surface area contributed by atoms with Crippen molar-refractivity contribution in [3.05, 3.63) is 58.3 Å². The van der Waals surface area contributed by atoms with Crippen molar-refractivity contribution in [2.24, 2.45) is 0 Å². The quantitative estimate of drug-likeness (QED) is 0.871. The van der Waals surface area contributed by atoms with E-state index in [1.807, 2.05) is 16.8 Å². The van der Waals surface area contributed by atoms with E-state index in [0.29, 0.717) is 18.5 Å². The Hall–Kier alpha value is -1.16. The molecule has 0 saturated heterocycles. The van der Waals surface area contributed by atoms with Gasteiger partial charge in [-0.3, -0.25) is 0 Å². The van der Waals surface area contributed by atoms with Crippen molar-refractivity contribution < 1.29 is 5.11 Å². The molecular weight excluding hydrogens is 278 g/mol. The van der Waals surface area contributed by atoms with Crippen LogP contribution in [0.3, 0.4) is 0 Å². The van der Waals surface area contributed by atoms with Crippen LogP contribution in [-0.4, -0.2) is 17.7 Å². The second-order valence-corrected chi connectivity index (χ2v) is 6.67. The highest BCUT2D eigenvalue weighted by molar-refractivity contribution is 7.07. The van der Waals surface area contributed by atoms with Gasteiger partial charge in [-0.15, -0.1) is 0 Å². The van der Waals surface area contributed by atoms with Gasteiger partial charge in [-0.1, -0.05) is 43.2 Å². The molecule has 3 unspecified atom stereocenters. The van der Waals surface area contributed by atoms with E-state index in [1.165, 1.54) is 31.2 Å². The molecule has 2 nitrogen and oxygen atoms in total. The molecule has 3 rings (SSSR count). The summed E-state index contributed by atoms with van der Waals surface area (Å²) in [7, 11) is 0. The molecule has 1 aromatic heterocycles. The molecule has 2 aromatic rings. The summed E-state index contributed by atoms with van der Waals surface area (Å²) in [6.07, 6.45) is 4.65. The van der Waals surface area contributed by atoms with Crippen molar-refractivity contribution >= 4 is 11.3 Å². The molecule has 1 heterocycles. The summed E-state index contributed by atoms with van der Waals surface area (Å²) in [5.41, 5.74) is 2.46. The minimum atomic E-state index is -0.394. The maximum atomic E-state index is 10.2. The molecule has 1 fully saturated rings. The fraction of sp³-hybridized carbons (Fsp3) is 0.444. The Morgan fingerprint density at radius 1 is 1.14 bits per heavy atom. The van der Waals surface area contributed by atoms with Gasteiger partial charge in [0.15, 0.2) is 0 Å². The normalized spacial score (nSPS) is 23.9. The van der Waals surface area contributed by atoms with Crippen LogP contribution in [0.25, 0.3) is 0 Å². The van der Waals surface area contributed by atoms with Gasteiger partial charge in [0.25, 0.3) is 0 Å². The van der Waals surface area contributed by atoms with E-state index in [9.17, 15) is 5.11 Å². The topological polar surface area (TPSA) is 32.3 Å². The highest BCUT2D eigenvalue weighted by Gasteiger charge is 2.26. The molecule has 0 amide bonds. The van der Waals surface area contributed by atoms with E-state index < -0.39 is 6.10 Å². The van der Waals surface area contributed by atoms with Gasteiger partial charge in [0.05, 0.1) is 6.10 Å². The van der Waals surface area contributed by atoms with Crippen molar-refractivity contribution in [3.8, 4) is 0 Å². The molecule has 21 heavy (non-hydrogen) atoms. The fourth-order valence-electron chi connectivity index (χ4n) is 3.32. The lowest BCUT2D eigenvalue weighted by atomic mass is 9.80. The zero-order valence-electron chi connectivity index (χ0n) is 12.2. The molecule has 0 aliphatic heterocycles.